The zero-order valence-electron chi connectivity index (χ0n) is 8.83. The summed E-state index contributed by atoms with van der Waals surface area (Å²) in [6.07, 6.45) is 1.77. The molecular formula is C10H14ClNO3. The molecule has 1 heterocycles. The molecule has 0 bridgehead atoms. The van der Waals surface area contributed by atoms with Crippen molar-refractivity contribution in [3.8, 4) is 0 Å². The highest BCUT2D eigenvalue weighted by molar-refractivity contribution is 6.18. The summed E-state index contributed by atoms with van der Waals surface area (Å²) in [5.41, 5.74) is 0.611. The Kier molecular flexibility index (Phi) is 4.15. The van der Waals surface area contributed by atoms with Gasteiger partial charge in [-0.05, 0) is 12.8 Å². The molecule has 1 rings (SSSR count). The van der Waals surface area contributed by atoms with E-state index in [0.717, 1.165) is 0 Å². The Morgan fingerprint density at radius 1 is 1.73 bits per heavy atom. The zero-order chi connectivity index (χ0) is 11.4. The number of hydrogen-bond donors (Lipinski definition) is 0. The molecule has 0 saturated carbocycles. The van der Waals surface area contributed by atoms with Crippen LogP contribution < -0.4 is 0 Å². The number of allylic oxidation sites excluding steroid dienone is 1. The number of alkyl halides is 1. The number of carbonyl (C=O) groups is 2. The molecule has 1 saturated heterocycles. The van der Waals surface area contributed by atoms with Crippen LogP contribution in [0, 0.1) is 5.92 Å². The fourth-order valence-corrected chi connectivity index (χ4v) is 1.74. The van der Waals surface area contributed by atoms with Gasteiger partial charge in [0.05, 0.1) is 7.11 Å². The van der Waals surface area contributed by atoms with Crippen molar-refractivity contribution in [2.24, 2.45) is 5.92 Å². The summed E-state index contributed by atoms with van der Waals surface area (Å²) in [5.74, 6) is 0.210. The van der Waals surface area contributed by atoms with Gasteiger partial charge in [-0.15, -0.1) is 11.6 Å². The fraction of sp³-hybridized carbons (Fsp3) is 0.600. The van der Waals surface area contributed by atoms with E-state index >= 15 is 0 Å². The van der Waals surface area contributed by atoms with Crippen LogP contribution in [0.5, 0.6) is 0 Å². The predicted molar refractivity (Wildman–Crippen MR) is 56.3 cm³/mol. The van der Waals surface area contributed by atoms with Crippen LogP contribution in [0.1, 0.15) is 13.3 Å². The van der Waals surface area contributed by atoms with Crippen LogP contribution in [0.2, 0.25) is 0 Å². The van der Waals surface area contributed by atoms with Gasteiger partial charge >= 0.3 is 5.97 Å². The van der Waals surface area contributed by atoms with E-state index in [9.17, 15) is 9.59 Å². The van der Waals surface area contributed by atoms with Crippen molar-refractivity contribution >= 4 is 23.5 Å². The molecule has 1 fully saturated rings. The van der Waals surface area contributed by atoms with Gasteiger partial charge in [0.25, 0.3) is 0 Å². The van der Waals surface area contributed by atoms with Crippen LogP contribution in [0.4, 0.5) is 0 Å². The SMILES string of the molecule is COC(=O)C=C(C)N1CC(CCl)CC1=O. The van der Waals surface area contributed by atoms with Crippen molar-refractivity contribution in [2.45, 2.75) is 13.3 Å². The van der Waals surface area contributed by atoms with Crippen LogP contribution in [-0.2, 0) is 14.3 Å². The third kappa shape index (κ3) is 2.96. The number of rotatable bonds is 3. The lowest BCUT2D eigenvalue weighted by Gasteiger charge is -2.16. The maximum atomic E-state index is 11.5. The summed E-state index contributed by atoms with van der Waals surface area (Å²) < 4.78 is 4.49. The highest BCUT2D eigenvalue weighted by Gasteiger charge is 2.29. The summed E-state index contributed by atoms with van der Waals surface area (Å²) in [7, 11) is 1.31. The van der Waals surface area contributed by atoms with E-state index in [4.69, 9.17) is 11.6 Å². The lowest BCUT2D eigenvalue weighted by atomic mass is 10.1. The number of ether oxygens (including phenoxy) is 1. The minimum Gasteiger partial charge on any atom is -0.466 e. The molecule has 0 aromatic rings. The Hall–Kier alpha value is -1.03. The summed E-state index contributed by atoms with van der Waals surface area (Å²) in [6, 6.07) is 0. The lowest BCUT2D eigenvalue weighted by molar-refractivity contribution is -0.135. The number of nitrogens with zero attached hydrogens (tertiary/aromatic N) is 1. The normalized spacial score (nSPS) is 22.1. The van der Waals surface area contributed by atoms with Crippen molar-refractivity contribution in [3.63, 3.8) is 0 Å². The summed E-state index contributed by atoms with van der Waals surface area (Å²) >= 11 is 5.69. The van der Waals surface area contributed by atoms with Gasteiger partial charge < -0.3 is 9.64 Å². The first-order chi connectivity index (χ1) is 7.08. The molecule has 1 aliphatic heterocycles. The van der Waals surface area contributed by atoms with E-state index < -0.39 is 5.97 Å². The standard InChI is InChI=1S/C10H14ClNO3/c1-7(3-10(14)15-2)12-6-8(5-11)4-9(12)13/h3,8H,4-6H2,1-2H3. The first-order valence-electron chi connectivity index (χ1n) is 4.71. The highest BCUT2D eigenvalue weighted by Crippen LogP contribution is 2.22. The van der Waals surface area contributed by atoms with Gasteiger partial charge in [0.2, 0.25) is 5.91 Å². The van der Waals surface area contributed by atoms with E-state index in [1.807, 2.05) is 0 Å². The van der Waals surface area contributed by atoms with Crippen LogP contribution in [0.15, 0.2) is 11.8 Å². The average molecular weight is 232 g/mol. The largest absolute Gasteiger partial charge is 0.466 e. The Bertz CT molecular complexity index is 301. The maximum Gasteiger partial charge on any atom is 0.332 e. The number of methoxy groups -OCH3 is 1. The van der Waals surface area contributed by atoms with E-state index in [2.05, 4.69) is 4.74 Å². The monoisotopic (exact) mass is 231 g/mol. The molecule has 1 aliphatic rings. The molecule has 0 aliphatic carbocycles. The molecular weight excluding hydrogens is 218 g/mol. The topological polar surface area (TPSA) is 46.6 Å². The van der Waals surface area contributed by atoms with E-state index in [1.54, 1.807) is 11.8 Å². The van der Waals surface area contributed by atoms with Crippen molar-refractivity contribution in [3.05, 3.63) is 11.8 Å². The number of esters is 1. The summed E-state index contributed by atoms with van der Waals surface area (Å²) in [6.45, 7) is 2.30. The van der Waals surface area contributed by atoms with Crippen LogP contribution in [0.3, 0.4) is 0 Å². The van der Waals surface area contributed by atoms with Gasteiger partial charge in [-0.25, -0.2) is 4.79 Å². The first-order valence-corrected chi connectivity index (χ1v) is 5.24. The molecule has 1 amide bonds. The van der Waals surface area contributed by atoms with Gasteiger partial charge in [-0.1, -0.05) is 0 Å². The summed E-state index contributed by atoms with van der Waals surface area (Å²) in [5, 5.41) is 0. The highest BCUT2D eigenvalue weighted by atomic mass is 35.5. The van der Waals surface area contributed by atoms with E-state index in [-0.39, 0.29) is 11.8 Å². The van der Waals surface area contributed by atoms with Gasteiger partial charge in [-0.2, -0.15) is 0 Å². The van der Waals surface area contributed by atoms with Crippen LogP contribution in [-0.4, -0.2) is 36.3 Å². The smallest absolute Gasteiger partial charge is 0.332 e. The maximum absolute atomic E-state index is 11.5. The Balaban J connectivity index is 2.68. The number of amides is 1. The number of halogens is 1. The van der Waals surface area contributed by atoms with Gasteiger partial charge in [0, 0.05) is 30.6 Å². The molecule has 4 nitrogen and oxygen atoms in total. The second kappa shape index (κ2) is 5.16. The molecule has 0 aromatic heterocycles. The second-order valence-corrected chi connectivity index (χ2v) is 3.85. The molecule has 0 radical (unpaired) electrons. The molecule has 0 N–H and O–H groups in total. The predicted octanol–water partition coefficient (Wildman–Crippen LogP) is 1.15. The Morgan fingerprint density at radius 2 is 2.40 bits per heavy atom. The summed E-state index contributed by atoms with van der Waals surface area (Å²) in [4.78, 5) is 24.1. The van der Waals surface area contributed by atoms with E-state index in [1.165, 1.54) is 13.2 Å². The van der Waals surface area contributed by atoms with Crippen LogP contribution in [0.25, 0.3) is 0 Å². The van der Waals surface area contributed by atoms with Crippen molar-refractivity contribution in [2.75, 3.05) is 19.5 Å². The van der Waals surface area contributed by atoms with Gasteiger partial charge in [0.1, 0.15) is 0 Å². The quantitative estimate of drug-likeness (QED) is 0.416. The third-order valence-electron chi connectivity index (χ3n) is 2.38. The lowest BCUT2D eigenvalue weighted by Crippen LogP contribution is -2.24. The van der Waals surface area contributed by atoms with Crippen molar-refractivity contribution in [1.29, 1.82) is 0 Å². The first kappa shape index (κ1) is 12.0. The number of likely N-dealkylation sites (tertiary alicyclic amines) is 1. The molecule has 5 heteroatoms. The molecule has 15 heavy (non-hydrogen) atoms. The molecule has 0 aromatic carbocycles. The minimum atomic E-state index is -0.449. The third-order valence-corrected chi connectivity index (χ3v) is 2.81. The average Bonchev–Trinajstić information content (AvgIpc) is 2.59. The van der Waals surface area contributed by atoms with E-state index in [0.29, 0.717) is 24.5 Å². The van der Waals surface area contributed by atoms with Gasteiger partial charge in [0.15, 0.2) is 0 Å². The Labute approximate surface area is 93.8 Å². The molecule has 1 unspecified atom stereocenters. The second-order valence-electron chi connectivity index (χ2n) is 3.54. The molecule has 84 valence electrons. The number of hydrogen-bond acceptors (Lipinski definition) is 3. The number of carbonyl (C=O) groups excluding carboxylic acids is 2. The molecule has 0 spiro atoms. The van der Waals surface area contributed by atoms with Crippen LogP contribution >= 0.6 is 11.6 Å². The van der Waals surface area contributed by atoms with Crippen molar-refractivity contribution in [1.82, 2.24) is 4.90 Å². The van der Waals surface area contributed by atoms with Crippen molar-refractivity contribution < 1.29 is 14.3 Å². The fourth-order valence-electron chi connectivity index (χ4n) is 1.53. The minimum absolute atomic E-state index is 0.0123. The Morgan fingerprint density at radius 3 is 2.87 bits per heavy atom. The molecule has 1 atom stereocenters. The zero-order valence-corrected chi connectivity index (χ0v) is 9.58. The van der Waals surface area contributed by atoms with Gasteiger partial charge in [-0.3, -0.25) is 4.79 Å².